The number of para-hydroxylation sites is 3. The summed E-state index contributed by atoms with van der Waals surface area (Å²) in [4.78, 5) is 10.0. The molecule has 6 aromatic rings. The first-order valence-electron chi connectivity index (χ1n) is 12.3. The predicted octanol–water partition coefficient (Wildman–Crippen LogP) is 8.54. The molecular formula is C31H29N3O. The summed E-state index contributed by atoms with van der Waals surface area (Å²) in [5, 5.41) is 2.11. The Bertz CT molecular complexity index is 1720. The first-order valence-corrected chi connectivity index (χ1v) is 12.3. The van der Waals surface area contributed by atoms with E-state index in [-0.39, 0.29) is 0 Å². The third-order valence-corrected chi connectivity index (χ3v) is 6.91. The standard InChI is InChI=1S/C31H29N3O/c1-18(2)21-10-6-8-12-26(21)34-27-13-9-7-11-25(27)32-30(34)28-20(5)14-15-22-23-16-17-24(19(3)4)33-31(23)35-29(22)28/h6-19H,1-5H3. The molecule has 0 N–H and O–H groups in total. The first-order chi connectivity index (χ1) is 16.9. The van der Waals surface area contributed by atoms with E-state index in [1.807, 2.05) is 6.07 Å². The number of rotatable bonds is 4. The van der Waals surface area contributed by atoms with Gasteiger partial charge >= 0.3 is 0 Å². The number of aryl methyl sites for hydroxylation is 1. The van der Waals surface area contributed by atoms with Crippen molar-refractivity contribution in [1.82, 2.24) is 14.5 Å². The third kappa shape index (κ3) is 3.35. The average Bonchev–Trinajstić information content (AvgIpc) is 3.41. The molecule has 0 aliphatic rings. The van der Waals surface area contributed by atoms with E-state index in [1.165, 1.54) is 5.56 Å². The van der Waals surface area contributed by atoms with E-state index >= 15 is 0 Å². The zero-order valence-electron chi connectivity index (χ0n) is 20.8. The SMILES string of the molecule is Cc1ccc2c(oc3nc(C(C)C)ccc32)c1-c1nc2ccccc2n1-c1ccccc1C(C)C. The van der Waals surface area contributed by atoms with Gasteiger partial charge in [-0.1, -0.05) is 70.2 Å². The fraction of sp³-hybridized carbons (Fsp3) is 0.226. The zero-order chi connectivity index (χ0) is 24.3. The van der Waals surface area contributed by atoms with Crippen molar-refractivity contribution in [2.24, 2.45) is 0 Å². The van der Waals surface area contributed by atoms with E-state index < -0.39 is 0 Å². The van der Waals surface area contributed by atoms with Gasteiger partial charge in [0, 0.05) is 16.5 Å². The van der Waals surface area contributed by atoms with E-state index in [4.69, 9.17) is 14.4 Å². The molecular weight excluding hydrogens is 430 g/mol. The molecule has 174 valence electrons. The van der Waals surface area contributed by atoms with Crippen LogP contribution in [0.25, 0.3) is 50.2 Å². The summed E-state index contributed by atoms with van der Waals surface area (Å²) in [6.45, 7) is 10.9. The Kier molecular flexibility index (Phi) is 4.99. The quantitative estimate of drug-likeness (QED) is 0.265. The first kappa shape index (κ1) is 21.6. The molecule has 0 radical (unpaired) electrons. The van der Waals surface area contributed by atoms with Crippen LogP contribution in [0.15, 0.2) is 77.2 Å². The van der Waals surface area contributed by atoms with Crippen LogP contribution in [0.5, 0.6) is 0 Å². The molecule has 4 heteroatoms. The highest BCUT2D eigenvalue weighted by Gasteiger charge is 2.23. The number of imidazole rings is 1. The van der Waals surface area contributed by atoms with Crippen molar-refractivity contribution in [2.75, 3.05) is 0 Å². The Morgan fingerprint density at radius 3 is 2.29 bits per heavy atom. The van der Waals surface area contributed by atoms with Crippen LogP contribution in [0.1, 0.15) is 56.4 Å². The number of fused-ring (bicyclic) bond motifs is 4. The van der Waals surface area contributed by atoms with Gasteiger partial charge < -0.3 is 4.42 Å². The van der Waals surface area contributed by atoms with E-state index in [2.05, 4.69) is 106 Å². The Balaban J connectivity index is 1.73. The van der Waals surface area contributed by atoms with Gasteiger partial charge in [-0.05, 0) is 60.2 Å². The van der Waals surface area contributed by atoms with E-state index in [9.17, 15) is 0 Å². The highest BCUT2D eigenvalue weighted by Crippen LogP contribution is 2.40. The second kappa shape index (κ2) is 8.09. The summed E-state index contributed by atoms with van der Waals surface area (Å²) in [7, 11) is 0. The molecule has 0 aliphatic heterocycles. The molecule has 0 bridgehead atoms. The predicted molar refractivity (Wildman–Crippen MR) is 144 cm³/mol. The maximum absolute atomic E-state index is 6.51. The van der Waals surface area contributed by atoms with Crippen LogP contribution in [0.4, 0.5) is 0 Å². The topological polar surface area (TPSA) is 43.9 Å². The van der Waals surface area contributed by atoms with Crippen molar-refractivity contribution in [3.63, 3.8) is 0 Å². The molecule has 3 aromatic carbocycles. The minimum atomic E-state index is 0.338. The Labute approximate surface area is 205 Å². The monoisotopic (exact) mass is 459 g/mol. The van der Waals surface area contributed by atoms with Crippen molar-refractivity contribution in [3.05, 3.63) is 89.6 Å². The minimum absolute atomic E-state index is 0.338. The fourth-order valence-electron chi connectivity index (χ4n) is 5.05. The lowest BCUT2D eigenvalue weighted by molar-refractivity contribution is 0.648. The van der Waals surface area contributed by atoms with Crippen molar-refractivity contribution in [2.45, 2.75) is 46.5 Å². The van der Waals surface area contributed by atoms with Crippen molar-refractivity contribution < 1.29 is 4.42 Å². The highest BCUT2D eigenvalue weighted by molar-refractivity contribution is 6.09. The number of aromatic nitrogens is 3. The summed E-state index contributed by atoms with van der Waals surface area (Å²) in [6, 6.07) is 25.5. The number of furan rings is 1. The number of pyridine rings is 1. The Hall–Kier alpha value is -3.92. The lowest BCUT2D eigenvalue weighted by atomic mass is 10.00. The van der Waals surface area contributed by atoms with Gasteiger partial charge in [-0.25, -0.2) is 9.97 Å². The minimum Gasteiger partial charge on any atom is -0.437 e. The summed E-state index contributed by atoms with van der Waals surface area (Å²) < 4.78 is 8.81. The van der Waals surface area contributed by atoms with Gasteiger partial charge in [0.25, 0.3) is 0 Å². The second-order valence-electron chi connectivity index (χ2n) is 9.95. The maximum atomic E-state index is 6.51. The Morgan fingerprint density at radius 2 is 1.49 bits per heavy atom. The Morgan fingerprint density at radius 1 is 0.743 bits per heavy atom. The molecule has 0 aliphatic carbocycles. The van der Waals surface area contributed by atoms with E-state index in [1.54, 1.807) is 0 Å². The second-order valence-corrected chi connectivity index (χ2v) is 9.95. The van der Waals surface area contributed by atoms with Crippen LogP contribution < -0.4 is 0 Å². The molecule has 4 nitrogen and oxygen atoms in total. The van der Waals surface area contributed by atoms with Crippen LogP contribution in [0.3, 0.4) is 0 Å². The molecule has 0 fully saturated rings. The lowest BCUT2D eigenvalue weighted by Gasteiger charge is -2.17. The number of nitrogens with zero attached hydrogens (tertiary/aromatic N) is 3. The van der Waals surface area contributed by atoms with Gasteiger partial charge in [0.05, 0.1) is 22.3 Å². The van der Waals surface area contributed by atoms with Crippen LogP contribution in [0, 0.1) is 6.92 Å². The summed E-state index contributed by atoms with van der Waals surface area (Å²) in [5.41, 5.74) is 9.19. The average molecular weight is 460 g/mol. The molecule has 3 heterocycles. The third-order valence-electron chi connectivity index (χ3n) is 6.91. The normalized spacial score (nSPS) is 12.1. The van der Waals surface area contributed by atoms with Gasteiger partial charge in [0.1, 0.15) is 11.4 Å². The molecule has 3 aromatic heterocycles. The van der Waals surface area contributed by atoms with Gasteiger partial charge in [0.15, 0.2) is 0 Å². The molecule has 6 rings (SSSR count). The molecule has 0 atom stereocenters. The highest BCUT2D eigenvalue weighted by atomic mass is 16.3. The molecule has 0 saturated carbocycles. The van der Waals surface area contributed by atoms with Gasteiger partial charge in [0.2, 0.25) is 5.71 Å². The van der Waals surface area contributed by atoms with Gasteiger partial charge in [-0.3, -0.25) is 4.57 Å². The van der Waals surface area contributed by atoms with Gasteiger partial charge in [-0.15, -0.1) is 0 Å². The summed E-state index contributed by atoms with van der Waals surface area (Å²) in [6.07, 6.45) is 0. The smallest absolute Gasteiger partial charge is 0.227 e. The summed E-state index contributed by atoms with van der Waals surface area (Å²) in [5.74, 6) is 1.61. The zero-order valence-corrected chi connectivity index (χ0v) is 20.8. The number of benzene rings is 3. The molecule has 0 unspecified atom stereocenters. The molecule has 0 spiro atoms. The maximum Gasteiger partial charge on any atom is 0.227 e. The van der Waals surface area contributed by atoms with Crippen molar-refractivity contribution >= 4 is 33.1 Å². The van der Waals surface area contributed by atoms with Crippen molar-refractivity contribution in [1.29, 1.82) is 0 Å². The largest absolute Gasteiger partial charge is 0.437 e. The summed E-state index contributed by atoms with van der Waals surface area (Å²) >= 11 is 0. The molecule has 0 saturated heterocycles. The number of hydrogen-bond donors (Lipinski definition) is 0. The van der Waals surface area contributed by atoms with Crippen molar-refractivity contribution in [3.8, 4) is 17.1 Å². The van der Waals surface area contributed by atoms with E-state index in [0.717, 1.165) is 55.7 Å². The molecule has 0 amide bonds. The molecule has 35 heavy (non-hydrogen) atoms. The van der Waals surface area contributed by atoms with Crippen LogP contribution in [-0.2, 0) is 0 Å². The van der Waals surface area contributed by atoms with E-state index in [0.29, 0.717) is 17.5 Å². The fourth-order valence-corrected chi connectivity index (χ4v) is 5.05. The lowest BCUT2D eigenvalue weighted by Crippen LogP contribution is -2.04. The van der Waals surface area contributed by atoms with Crippen LogP contribution in [-0.4, -0.2) is 14.5 Å². The van der Waals surface area contributed by atoms with Gasteiger partial charge in [-0.2, -0.15) is 0 Å². The number of hydrogen-bond acceptors (Lipinski definition) is 3. The van der Waals surface area contributed by atoms with Crippen LogP contribution >= 0.6 is 0 Å². The van der Waals surface area contributed by atoms with Crippen LogP contribution in [0.2, 0.25) is 0 Å².